The zero-order valence-electron chi connectivity index (χ0n) is 13.8. The van der Waals surface area contributed by atoms with Crippen molar-refractivity contribution in [2.45, 2.75) is 6.18 Å². The molecule has 0 N–H and O–H groups in total. The average Bonchev–Trinajstić information content (AvgIpc) is 2.67. The molecule has 1 fully saturated rings. The fourth-order valence-corrected chi connectivity index (χ4v) is 3.16. The van der Waals surface area contributed by atoms with E-state index in [0.29, 0.717) is 42.9 Å². The normalized spacial score (nSPS) is 15.5. The van der Waals surface area contributed by atoms with E-state index in [0.717, 1.165) is 5.69 Å². The SMILES string of the molecule is FC(F)(F)c1nc(N2CCN(c3ccncc3)CC2)c2ccccc2n1. The minimum absolute atomic E-state index is 0.307. The molecule has 3 heterocycles. The molecule has 26 heavy (non-hydrogen) atoms. The van der Waals surface area contributed by atoms with Crippen LogP contribution in [-0.4, -0.2) is 41.1 Å². The number of alkyl halides is 3. The van der Waals surface area contributed by atoms with Crippen LogP contribution in [0.4, 0.5) is 24.7 Å². The van der Waals surface area contributed by atoms with Gasteiger partial charge in [-0.2, -0.15) is 13.2 Å². The largest absolute Gasteiger partial charge is 0.451 e. The Kier molecular flexibility index (Phi) is 4.10. The van der Waals surface area contributed by atoms with Crippen LogP contribution in [0.1, 0.15) is 5.82 Å². The highest BCUT2D eigenvalue weighted by atomic mass is 19.4. The van der Waals surface area contributed by atoms with Crippen molar-refractivity contribution in [3.05, 3.63) is 54.6 Å². The molecule has 0 radical (unpaired) electrons. The number of para-hydroxylation sites is 1. The van der Waals surface area contributed by atoms with Crippen molar-refractivity contribution in [1.82, 2.24) is 15.0 Å². The third-order valence-electron chi connectivity index (χ3n) is 4.44. The minimum Gasteiger partial charge on any atom is -0.368 e. The molecule has 0 atom stereocenters. The van der Waals surface area contributed by atoms with Gasteiger partial charge >= 0.3 is 6.18 Å². The molecular weight excluding hydrogens is 343 g/mol. The molecule has 0 amide bonds. The number of fused-ring (bicyclic) bond motifs is 1. The van der Waals surface area contributed by atoms with E-state index in [4.69, 9.17) is 0 Å². The maximum Gasteiger partial charge on any atom is 0.451 e. The van der Waals surface area contributed by atoms with Gasteiger partial charge in [-0.25, -0.2) is 9.97 Å². The summed E-state index contributed by atoms with van der Waals surface area (Å²) in [6.45, 7) is 2.56. The lowest BCUT2D eigenvalue weighted by Crippen LogP contribution is -2.47. The standard InChI is InChI=1S/C18H16F3N5/c19-18(20,21)17-23-15-4-2-1-3-14(15)16(24-17)26-11-9-25(10-12-26)13-5-7-22-8-6-13/h1-8H,9-12H2. The van der Waals surface area contributed by atoms with Crippen LogP contribution in [0.15, 0.2) is 48.8 Å². The number of pyridine rings is 1. The summed E-state index contributed by atoms with van der Waals surface area (Å²) in [4.78, 5) is 15.6. The summed E-state index contributed by atoms with van der Waals surface area (Å²) >= 11 is 0. The van der Waals surface area contributed by atoms with Gasteiger partial charge < -0.3 is 9.80 Å². The van der Waals surface area contributed by atoms with E-state index in [1.165, 1.54) is 0 Å². The Morgan fingerprint density at radius 3 is 2.15 bits per heavy atom. The van der Waals surface area contributed by atoms with Gasteiger partial charge in [0.15, 0.2) is 0 Å². The number of anilines is 2. The minimum atomic E-state index is -4.57. The van der Waals surface area contributed by atoms with Crippen molar-refractivity contribution in [1.29, 1.82) is 0 Å². The van der Waals surface area contributed by atoms with Gasteiger partial charge in [-0.3, -0.25) is 4.98 Å². The maximum atomic E-state index is 13.2. The molecule has 1 aromatic carbocycles. The lowest BCUT2D eigenvalue weighted by molar-refractivity contribution is -0.144. The Bertz CT molecular complexity index is 906. The first-order valence-electron chi connectivity index (χ1n) is 8.26. The summed E-state index contributed by atoms with van der Waals surface area (Å²) in [5, 5.41) is 0.637. The molecule has 0 spiro atoms. The first kappa shape index (κ1) is 16.6. The molecule has 0 unspecified atom stereocenters. The zero-order chi connectivity index (χ0) is 18.1. The molecule has 0 saturated carbocycles. The van der Waals surface area contributed by atoms with E-state index in [9.17, 15) is 13.2 Å². The van der Waals surface area contributed by atoms with E-state index in [2.05, 4.69) is 19.9 Å². The van der Waals surface area contributed by atoms with Crippen molar-refractivity contribution in [2.24, 2.45) is 0 Å². The molecule has 1 aliphatic heterocycles. The van der Waals surface area contributed by atoms with E-state index in [1.807, 2.05) is 17.0 Å². The predicted octanol–water partition coefficient (Wildman–Crippen LogP) is 3.37. The third kappa shape index (κ3) is 3.14. The number of aromatic nitrogens is 3. The van der Waals surface area contributed by atoms with Crippen LogP contribution in [0.25, 0.3) is 10.9 Å². The van der Waals surface area contributed by atoms with Gasteiger partial charge in [0, 0.05) is 49.6 Å². The molecule has 5 nitrogen and oxygen atoms in total. The van der Waals surface area contributed by atoms with Crippen LogP contribution in [0.3, 0.4) is 0 Å². The van der Waals surface area contributed by atoms with E-state index in [-0.39, 0.29) is 0 Å². The van der Waals surface area contributed by atoms with Crippen LogP contribution in [-0.2, 0) is 6.18 Å². The molecule has 0 bridgehead atoms. The molecular formula is C18H16F3N5. The summed E-state index contributed by atoms with van der Waals surface area (Å²) in [5.74, 6) is -0.750. The molecule has 134 valence electrons. The number of hydrogen-bond donors (Lipinski definition) is 0. The second kappa shape index (κ2) is 6.44. The molecule has 2 aromatic heterocycles. The molecule has 3 aromatic rings. The van der Waals surface area contributed by atoms with Crippen LogP contribution in [0, 0.1) is 0 Å². The smallest absolute Gasteiger partial charge is 0.368 e. The lowest BCUT2D eigenvalue weighted by atomic mass is 10.2. The lowest BCUT2D eigenvalue weighted by Gasteiger charge is -2.37. The number of nitrogens with zero attached hydrogens (tertiary/aromatic N) is 5. The Labute approximate surface area is 148 Å². The summed E-state index contributed by atoms with van der Waals surface area (Å²) in [7, 11) is 0. The fraction of sp³-hybridized carbons (Fsp3) is 0.278. The van der Waals surface area contributed by atoms with Crippen molar-refractivity contribution in [3.63, 3.8) is 0 Å². The number of hydrogen-bond acceptors (Lipinski definition) is 5. The van der Waals surface area contributed by atoms with Crippen LogP contribution >= 0.6 is 0 Å². The highest BCUT2D eigenvalue weighted by Gasteiger charge is 2.36. The van der Waals surface area contributed by atoms with Crippen molar-refractivity contribution in [3.8, 4) is 0 Å². The molecule has 1 aliphatic rings. The van der Waals surface area contributed by atoms with E-state index >= 15 is 0 Å². The van der Waals surface area contributed by atoms with Crippen LogP contribution in [0.5, 0.6) is 0 Å². The summed E-state index contributed by atoms with van der Waals surface area (Å²) in [6.07, 6.45) is -1.11. The fourth-order valence-electron chi connectivity index (χ4n) is 3.16. The van der Waals surface area contributed by atoms with Crippen LogP contribution < -0.4 is 9.80 Å². The van der Waals surface area contributed by atoms with Gasteiger partial charge in [0.05, 0.1) is 5.52 Å². The highest BCUT2D eigenvalue weighted by Crippen LogP contribution is 2.32. The van der Waals surface area contributed by atoms with Crippen molar-refractivity contribution in [2.75, 3.05) is 36.0 Å². The predicted molar refractivity (Wildman–Crippen MR) is 93.2 cm³/mol. The number of benzene rings is 1. The van der Waals surface area contributed by atoms with Crippen LogP contribution in [0.2, 0.25) is 0 Å². The molecule has 8 heteroatoms. The number of rotatable bonds is 2. The topological polar surface area (TPSA) is 45.2 Å². The van der Waals surface area contributed by atoms with Gasteiger partial charge in [-0.05, 0) is 24.3 Å². The van der Waals surface area contributed by atoms with E-state index < -0.39 is 12.0 Å². The Hall–Kier alpha value is -2.90. The van der Waals surface area contributed by atoms with Gasteiger partial charge in [0.25, 0.3) is 0 Å². The Balaban J connectivity index is 1.65. The third-order valence-corrected chi connectivity index (χ3v) is 4.44. The molecule has 4 rings (SSSR count). The Morgan fingerprint density at radius 2 is 1.46 bits per heavy atom. The quantitative estimate of drug-likeness (QED) is 0.702. The maximum absolute atomic E-state index is 13.2. The van der Waals surface area contributed by atoms with Gasteiger partial charge in [-0.15, -0.1) is 0 Å². The van der Waals surface area contributed by atoms with Crippen molar-refractivity contribution >= 4 is 22.4 Å². The van der Waals surface area contributed by atoms with E-state index in [1.54, 1.807) is 36.7 Å². The first-order valence-corrected chi connectivity index (χ1v) is 8.26. The summed E-state index contributed by atoms with van der Waals surface area (Å²) in [5.41, 5.74) is 1.37. The summed E-state index contributed by atoms with van der Waals surface area (Å²) in [6, 6.07) is 10.7. The number of halogens is 3. The monoisotopic (exact) mass is 359 g/mol. The average molecular weight is 359 g/mol. The highest BCUT2D eigenvalue weighted by molar-refractivity contribution is 5.89. The number of piperazine rings is 1. The van der Waals surface area contributed by atoms with Crippen molar-refractivity contribution < 1.29 is 13.2 Å². The van der Waals surface area contributed by atoms with Gasteiger partial charge in [-0.1, -0.05) is 12.1 Å². The second-order valence-electron chi connectivity index (χ2n) is 6.07. The molecule has 0 aliphatic carbocycles. The first-order chi connectivity index (χ1) is 12.5. The zero-order valence-corrected chi connectivity index (χ0v) is 13.8. The van der Waals surface area contributed by atoms with Gasteiger partial charge in [0.1, 0.15) is 5.82 Å². The second-order valence-corrected chi connectivity index (χ2v) is 6.07. The summed E-state index contributed by atoms with van der Waals surface area (Å²) < 4.78 is 39.6. The van der Waals surface area contributed by atoms with Gasteiger partial charge in [0.2, 0.25) is 5.82 Å². The Morgan fingerprint density at radius 1 is 0.808 bits per heavy atom. The molecule has 1 saturated heterocycles.